The van der Waals surface area contributed by atoms with Gasteiger partial charge < -0.3 is 15.3 Å². The summed E-state index contributed by atoms with van der Waals surface area (Å²) in [4.78, 5) is 11.6. The Kier molecular flexibility index (Phi) is 4.13. The number of nitrogens with zero attached hydrogens (tertiary/aromatic N) is 5. The summed E-state index contributed by atoms with van der Waals surface area (Å²) < 4.78 is 1.73. The first-order chi connectivity index (χ1) is 14.0. The predicted molar refractivity (Wildman–Crippen MR) is 115 cm³/mol. The fraction of sp³-hybridized carbons (Fsp3) is 0.318. The number of hydrogen-bond donors (Lipinski definition) is 2. The highest BCUT2D eigenvalue weighted by Crippen LogP contribution is 2.32. The number of rotatable bonds is 2. The topological polar surface area (TPSA) is 79.1 Å². The van der Waals surface area contributed by atoms with Gasteiger partial charge >= 0.3 is 0 Å². The molecule has 1 fully saturated rings. The second kappa shape index (κ2) is 6.70. The van der Waals surface area contributed by atoms with Crippen molar-refractivity contribution in [2.75, 3.05) is 18.0 Å². The normalized spacial score (nSPS) is 19.9. The number of benzene rings is 2. The van der Waals surface area contributed by atoms with Crippen LogP contribution in [0.1, 0.15) is 13.8 Å². The summed E-state index contributed by atoms with van der Waals surface area (Å²) >= 11 is 0. The number of phenols is 1. The van der Waals surface area contributed by atoms with Crippen LogP contribution < -0.4 is 10.2 Å². The van der Waals surface area contributed by atoms with Gasteiger partial charge in [0.2, 0.25) is 0 Å². The van der Waals surface area contributed by atoms with Crippen LogP contribution in [0.5, 0.6) is 5.75 Å². The maximum atomic E-state index is 10.5. The van der Waals surface area contributed by atoms with E-state index in [1.165, 1.54) is 5.69 Å². The lowest BCUT2D eigenvalue weighted by molar-refractivity contribution is 0.407. The standard InChI is InChI=1S/C22H24N6O/c1-13-10-28(11-14(2)24-13)17-4-5-19-15(6-17)9-23-22(25-19)18-7-16-12-27(3)26-20(16)8-21(18)29/h4-9,12-14,24,29H,10-11H2,1-3H3/t13-,14-/m1/s1. The zero-order valence-corrected chi connectivity index (χ0v) is 16.8. The third-order valence-corrected chi connectivity index (χ3v) is 5.46. The molecule has 0 radical (unpaired) electrons. The molecule has 7 heteroatoms. The highest BCUT2D eigenvalue weighted by Gasteiger charge is 2.21. The van der Waals surface area contributed by atoms with E-state index in [0.29, 0.717) is 23.5 Å². The highest BCUT2D eigenvalue weighted by atomic mass is 16.3. The molecule has 1 aliphatic heterocycles. The van der Waals surface area contributed by atoms with E-state index in [-0.39, 0.29) is 5.75 Å². The van der Waals surface area contributed by atoms with Crippen molar-refractivity contribution in [2.24, 2.45) is 7.05 Å². The predicted octanol–water partition coefficient (Wildman–Crippen LogP) is 3.08. The van der Waals surface area contributed by atoms with E-state index in [4.69, 9.17) is 4.98 Å². The van der Waals surface area contributed by atoms with Gasteiger partial charge in [0.25, 0.3) is 0 Å². The Bertz CT molecular complexity index is 1210. The van der Waals surface area contributed by atoms with Gasteiger partial charge in [-0.2, -0.15) is 5.10 Å². The molecule has 1 saturated heterocycles. The van der Waals surface area contributed by atoms with E-state index >= 15 is 0 Å². The number of aromatic nitrogens is 4. The molecule has 148 valence electrons. The molecule has 0 amide bonds. The minimum absolute atomic E-state index is 0.135. The van der Waals surface area contributed by atoms with E-state index in [2.05, 4.69) is 46.3 Å². The summed E-state index contributed by atoms with van der Waals surface area (Å²) in [6.45, 7) is 6.39. The minimum atomic E-state index is 0.135. The van der Waals surface area contributed by atoms with Gasteiger partial charge in [0, 0.05) is 67.1 Å². The Morgan fingerprint density at radius 2 is 1.83 bits per heavy atom. The summed E-state index contributed by atoms with van der Waals surface area (Å²) in [6.07, 6.45) is 3.75. The summed E-state index contributed by atoms with van der Waals surface area (Å²) in [7, 11) is 1.86. The van der Waals surface area contributed by atoms with Gasteiger partial charge in [-0.25, -0.2) is 9.97 Å². The van der Waals surface area contributed by atoms with E-state index in [0.717, 1.165) is 34.9 Å². The smallest absolute Gasteiger partial charge is 0.163 e. The number of fused-ring (bicyclic) bond motifs is 2. The van der Waals surface area contributed by atoms with E-state index < -0.39 is 0 Å². The van der Waals surface area contributed by atoms with E-state index in [1.807, 2.05) is 31.6 Å². The Balaban J connectivity index is 1.52. The van der Waals surface area contributed by atoms with Crippen LogP contribution >= 0.6 is 0 Å². The van der Waals surface area contributed by atoms with Crippen molar-refractivity contribution in [3.8, 4) is 17.1 Å². The Hall–Kier alpha value is -3.19. The quantitative estimate of drug-likeness (QED) is 0.549. The van der Waals surface area contributed by atoms with Gasteiger partial charge in [-0.05, 0) is 38.1 Å². The number of phenolic OH excluding ortho intramolecular Hbond substituents is 1. The molecule has 2 aromatic heterocycles. The Labute approximate surface area is 169 Å². The van der Waals surface area contributed by atoms with Crippen molar-refractivity contribution in [3.05, 3.63) is 42.7 Å². The van der Waals surface area contributed by atoms with E-state index in [1.54, 1.807) is 10.7 Å². The highest BCUT2D eigenvalue weighted by molar-refractivity contribution is 5.88. The van der Waals surface area contributed by atoms with Crippen molar-refractivity contribution in [2.45, 2.75) is 25.9 Å². The van der Waals surface area contributed by atoms with E-state index in [9.17, 15) is 5.11 Å². The molecule has 0 aliphatic carbocycles. The SMILES string of the molecule is C[C@@H]1CN(c2ccc3nc(-c4cc5cn(C)nc5cc4O)ncc3c2)C[C@@H](C)N1. The molecule has 0 saturated carbocycles. The first-order valence-corrected chi connectivity index (χ1v) is 9.91. The number of hydrogen-bond acceptors (Lipinski definition) is 6. The number of aromatic hydroxyl groups is 1. The molecule has 2 N–H and O–H groups in total. The number of aryl methyl sites for hydroxylation is 1. The van der Waals surface area contributed by atoms with Crippen molar-refractivity contribution >= 4 is 27.5 Å². The fourth-order valence-electron chi connectivity index (χ4n) is 4.25. The molecular formula is C22H24N6O. The monoisotopic (exact) mass is 388 g/mol. The third kappa shape index (κ3) is 3.27. The lowest BCUT2D eigenvalue weighted by atomic mass is 10.1. The number of piperazine rings is 1. The fourth-order valence-corrected chi connectivity index (χ4v) is 4.25. The molecular weight excluding hydrogens is 364 g/mol. The minimum Gasteiger partial charge on any atom is -0.507 e. The average Bonchev–Trinajstić information content (AvgIpc) is 3.04. The van der Waals surface area contributed by atoms with Crippen LogP contribution in [0.4, 0.5) is 5.69 Å². The van der Waals surface area contributed by atoms with Gasteiger partial charge in [0.15, 0.2) is 5.82 Å². The first kappa shape index (κ1) is 17.9. The maximum Gasteiger partial charge on any atom is 0.163 e. The number of anilines is 1. The second-order valence-electron chi connectivity index (χ2n) is 8.04. The van der Waals surface area contributed by atoms with Crippen LogP contribution in [0.15, 0.2) is 42.7 Å². The van der Waals surface area contributed by atoms with Gasteiger partial charge in [-0.15, -0.1) is 0 Å². The van der Waals surface area contributed by atoms with Gasteiger partial charge in [0.05, 0.1) is 16.6 Å². The summed E-state index contributed by atoms with van der Waals surface area (Å²) in [5, 5.41) is 20.3. The molecule has 2 aromatic carbocycles. The molecule has 4 aromatic rings. The largest absolute Gasteiger partial charge is 0.507 e. The summed E-state index contributed by atoms with van der Waals surface area (Å²) in [5.41, 5.74) is 3.41. The molecule has 1 aliphatic rings. The summed E-state index contributed by atoms with van der Waals surface area (Å²) in [5.74, 6) is 0.647. The van der Waals surface area contributed by atoms with Crippen molar-refractivity contribution in [3.63, 3.8) is 0 Å². The maximum absolute atomic E-state index is 10.5. The molecule has 3 heterocycles. The van der Waals surface area contributed by atoms with Gasteiger partial charge in [-0.1, -0.05) is 0 Å². The lowest BCUT2D eigenvalue weighted by Crippen LogP contribution is -2.54. The molecule has 0 unspecified atom stereocenters. The van der Waals surface area contributed by atoms with Crippen LogP contribution in [0.3, 0.4) is 0 Å². The van der Waals surface area contributed by atoms with Crippen LogP contribution in [0.25, 0.3) is 33.2 Å². The van der Waals surface area contributed by atoms with Crippen LogP contribution in [0, 0.1) is 0 Å². The van der Waals surface area contributed by atoms with Crippen molar-refractivity contribution in [1.29, 1.82) is 0 Å². The molecule has 0 bridgehead atoms. The van der Waals surface area contributed by atoms with Crippen molar-refractivity contribution in [1.82, 2.24) is 25.1 Å². The Morgan fingerprint density at radius 1 is 1.03 bits per heavy atom. The van der Waals surface area contributed by atoms with Crippen LogP contribution in [-0.4, -0.2) is 50.0 Å². The molecule has 0 spiro atoms. The molecule has 2 atom stereocenters. The lowest BCUT2D eigenvalue weighted by Gasteiger charge is -2.37. The third-order valence-electron chi connectivity index (χ3n) is 5.46. The van der Waals surface area contributed by atoms with Gasteiger partial charge in [-0.3, -0.25) is 4.68 Å². The van der Waals surface area contributed by atoms with Crippen molar-refractivity contribution < 1.29 is 5.11 Å². The summed E-state index contributed by atoms with van der Waals surface area (Å²) in [6, 6.07) is 10.8. The van der Waals surface area contributed by atoms with Gasteiger partial charge in [0.1, 0.15) is 5.75 Å². The van der Waals surface area contributed by atoms with Crippen LogP contribution in [0.2, 0.25) is 0 Å². The second-order valence-corrected chi connectivity index (χ2v) is 8.04. The Morgan fingerprint density at radius 3 is 2.62 bits per heavy atom. The molecule has 5 rings (SSSR count). The zero-order valence-electron chi connectivity index (χ0n) is 16.8. The molecule has 29 heavy (non-hydrogen) atoms. The zero-order chi connectivity index (χ0) is 20.1. The van der Waals surface area contributed by atoms with Crippen LogP contribution in [-0.2, 0) is 7.05 Å². The number of nitrogens with one attached hydrogen (secondary N) is 1. The average molecular weight is 388 g/mol. The molecule has 7 nitrogen and oxygen atoms in total. The first-order valence-electron chi connectivity index (χ1n) is 9.91.